The number of aromatic nitrogens is 2. The predicted octanol–water partition coefficient (Wildman–Crippen LogP) is 1.59. The third-order valence-electron chi connectivity index (χ3n) is 1.54. The van der Waals surface area contributed by atoms with Crippen LogP contribution in [0.1, 0.15) is 20.3 Å². The molecule has 92 valence electrons. The highest BCUT2D eigenvalue weighted by Gasteiger charge is 1.98. The van der Waals surface area contributed by atoms with Gasteiger partial charge >= 0.3 is 10.4 Å². The van der Waals surface area contributed by atoms with Crippen molar-refractivity contribution in [3.63, 3.8) is 0 Å². The molecule has 1 aromatic heterocycles. The molecule has 7 heteroatoms. The van der Waals surface area contributed by atoms with Gasteiger partial charge in [-0.1, -0.05) is 13.5 Å². The SMILES string of the molecule is C=C(CC)n1ccnc1.CCOS(=O)(=O)O. The van der Waals surface area contributed by atoms with Gasteiger partial charge in [0.2, 0.25) is 0 Å². The van der Waals surface area contributed by atoms with Crippen molar-refractivity contribution >= 4 is 16.1 Å². The Morgan fingerprint density at radius 2 is 2.19 bits per heavy atom. The molecule has 0 aliphatic heterocycles. The van der Waals surface area contributed by atoms with Crippen molar-refractivity contribution in [3.05, 3.63) is 25.3 Å². The number of hydrogen-bond donors (Lipinski definition) is 1. The summed E-state index contributed by atoms with van der Waals surface area (Å²) in [5, 5.41) is 0. The highest BCUT2D eigenvalue weighted by Crippen LogP contribution is 2.02. The molecule has 16 heavy (non-hydrogen) atoms. The minimum atomic E-state index is -4.17. The van der Waals surface area contributed by atoms with Crippen LogP contribution in [-0.4, -0.2) is 29.1 Å². The maximum Gasteiger partial charge on any atom is 0.397 e. The van der Waals surface area contributed by atoms with Crippen molar-refractivity contribution in [1.82, 2.24) is 9.55 Å². The van der Waals surface area contributed by atoms with Crippen LogP contribution in [-0.2, 0) is 14.6 Å². The lowest BCUT2D eigenvalue weighted by molar-refractivity contribution is 0.283. The molecule has 0 aliphatic rings. The van der Waals surface area contributed by atoms with Crippen molar-refractivity contribution in [2.24, 2.45) is 0 Å². The lowest BCUT2D eigenvalue weighted by atomic mass is 10.4. The van der Waals surface area contributed by atoms with E-state index in [1.165, 1.54) is 6.92 Å². The minimum absolute atomic E-state index is 0.0289. The second-order valence-electron chi connectivity index (χ2n) is 2.72. The Bertz CT molecular complexity index is 397. The first-order valence-electron chi connectivity index (χ1n) is 4.68. The van der Waals surface area contributed by atoms with E-state index in [-0.39, 0.29) is 6.61 Å². The van der Waals surface area contributed by atoms with Gasteiger partial charge in [-0.15, -0.1) is 0 Å². The van der Waals surface area contributed by atoms with E-state index in [1.807, 2.05) is 10.8 Å². The van der Waals surface area contributed by atoms with Gasteiger partial charge in [0.05, 0.1) is 12.9 Å². The standard InChI is InChI=1S/C7H10N2.C2H6O4S/c1-3-7(2)9-5-4-8-6-9;1-2-6-7(3,4)5/h4-6H,2-3H2,1H3;2H2,1H3,(H,3,4,5). The quantitative estimate of drug-likeness (QED) is 0.818. The molecule has 0 radical (unpaired) electrons. The smallest absolute Gasteiger partial charge is 0.311 e. The fourth-order valence-corrected chi connectivity index (χ4v) is 1.08. The van der Waals surface area contributed by atoms with Gasteiger partial charge in [0, 0.05) is 18.1 Å². The molecule has 1 rings (SSSR count). The molecular formula is C9H16N2O4S. The Labute approximate surface area is 95.5 Å². The third kappa shape index (κ3) is 7.16. The second-order valence-corrected chi connectivity index (χ2v) is 3.82. The van der Waals surface area contributed by atoms with E-state index in [1.54, 1.807) is 12.5 Å². The van der Waals surface area contributed by atoms with E-state index in [2.05, 4.69) is 22.7 Å². The van der Waals surface area contributed by atoms with Gasteiger partial charge < -0.3 is 4.57 Å². The zero-order chi connectivity index (χ0) is 12.6. The number of nitrogens with zero attached hydrogens (tertiary/aromatic N) is 2. The van der Waals surface area contributed by atoms with E-state index >= 15 is 0 Å². The maximum absolute atomic E-state index is 9.56. The van der Waals surface area contributed by atoms with Gasteiger partial charge in [0.25, 0.3) is 0 Å². The van der Waals surface area contributed by atoms with E-state index < -0.39 is 10.4 Å². The van der Waals surface area contributed by atoms with Gasteiger partial charge in [0.15, 0.2) is 0 Å². The van der Waals surface area contributed by atoms with Gasteiger partial charge in [-0.05, 0) is 13.3 Å². The zero-order valence-corrected chi connectivity index (χ0v) is 10.1. The van der Waals surface area contributed by atoms with Gasteiger partial charge in [-0.3, -0.25) is 4.55 Å². The van der Waals surface area contributed by atoms with Crippen LogP contribution in [0.2, 0.25) is 0 Å². The third-order valence-corrected chi connectivity index (χ3v) is 2.08. The van der Waals surface area contributed by atoms with E-state index in [4.69, 9.17) is 4.55 Å². The topological polar surface area (TPSA) is 81.4 Å². The molecule has 1 aromatic rings. The summed E-state index contributed by atoms with van der Waals surface area (Å²) in [6.45, 7) is 7.35. The highest BCUT2D eigenvalue weighted by atomic mass is 32.3. The molecule has 0 fully saturated rings. The Morgan fingerprint density at radius 1 is 1.56 bits per heavy atom. The molecule has 0 amide bonds. The molecule has 6 nitrogen and oxygen atoms in total. The molecular weight excluding hydrogens is 232 g/mol. The Balaban J connectivity index is 0.000000293. The van der Waals surface area contributed by atoms with Crippen molar-refractivity contribution in [2.45, 2.75) is 20.3 Å². The summed E-state index contributed by atoms with van der Waals surface area (Å²) in [6.07, 6.45) is 6.37. The normalized spacial score (nSPS) is 10.4. The first kappa shape index (κ1) is 14.8. The van der Waals surface area contributed by atoms with Crippen LogP contribution < -0.4 is 0 Å². The summed E-state index contributed by atoms with van der Waals surface area (Å²) < 4.78 is 32.6. The number of rotatable bonds is 4. The molecule has 1 N–H and O–H groups in total. The van der Waals surface area contributed by atoms with Gasteiger partial charge in [-0.25, -0.2) is 9.17 Å². The van der Waals surface area contributed by atoms with Crippen molar-refractivity contribution in [1.29, 1.82) is 0 Å². The van der Waals surface area contributed by atoms with Crippen LogP contribution in [0.25, 0.3) is 5.70 Å². The molecule has 0 atom stereocenters. The Kier molecular flexibility index (Phi) is 6.63. The molecule has 1 heterocycles. The van der Waals surface area contributed by atoms with Crippen molar-refractivity contribution < 1.29 is 17.2 Å². The van der Waals surface area contributed by atoms with E-state index in [0.29, 0.717) is 0 Å². The van der Waals surface area contributed by atoms with Crippen LogP contribution in [0, 0.1) is 0 Å². The monoisotopic (exact) mass is 248 g/mol. The number of imidazole rings is 1. The molecule has 0 bridgehead atoms. The van der Waals surface area contributed by atoms with Gasteiger partial charge in [-0.2, -0.15) is 8.42 Å². The summed E-state index contributed by atoms with van der Waals surface area (Å²) in [7, 11) is -4.17. The molecule has 0 aromatic carbocycles. The average molecular weight is 248 g/mol. The first-order chi connectivity index (χ1) is 7.40. The zero-order valence-electron chi connectivity index (χ0n) is 9.33. The average Bonchev–Trinajstić information content (AvgIpc) is 2.68. The van der Waals surface area contributed by atoms with Crippen LogP contribution in [0.5, 0.6) is 0 Å². The minimum Gasteiger partial charge on any atom is -0.311 e. The summed E-state index contributed by atoms with van der Waals surface area (Å²) in [4.78, 5) is 3.89. The second kappa shape index (κ2) is 7.15. The molecule has 0 aliphatic carbocycles. The Hall–Kier alpha value is -1.18. The Morgan fingerprint density at radius 3 is 2.44 bits per heavy atom. The van der Waals surface area contributed by atoms with Crippen LogP contribution in [0.4, 0.5) is 0 Å². The van der Waals surface area contributed by atoms with Crippen molar-refractivity contribution in [3.8, 4) is 0 Å². The fraction of sp³-hybridized carbons (Fsp3) is 0.444. The first-order valence-corrected chi connectivity index (χ1v) is 6.05. The lowest BCUT2D eigenvalue weighted by Gasteiger charge is -1.99. The summed E-state index contributed by atoms with van der Waals surface area (Å²) >= 11 is 0. The molecule has 0 spiro atoms. The largest absolute Gasteiger partial charge is 0.397 e. The van der Waals surface area contributed by atoms with Crippen molar-refractivity contribution in [2.75, 3.05) is 6.61 Å². The number of allylic oxidation sites excluding steroid dienone is 1. The predicted molar refractivity (Wildman–Crippen MR) is 61.0 cm³/mol. The summed E-state index contributed by atoms with van der Waals surface area (Å²) in [5.41, 5.74) is 1.08. The van der Waals surface area contributed by atoms with E-state index in [0.717, 1.165) is 12.1 Å². The summed E-state index contributed by atoms with van der Waals surface area (Å²) in [6, 6.07) is 0. The van der Waals surface area contributed by atoms with Crippen LogP contribution in [0.3, 0.4) is 0 Å². The van der Waals surface area contributed by atoms with Gasteiger partial charge in [0.1, 0.15) is 0 Å². The van der Waals surface area contributed by atoms with E-state index in [9.17, 15) is 8.42 Å². The maximum atomic E-state index is 9.56. The number of hydrogen-bond acceptors (Lipinski definition) is 4. The summed E-state index contributed by atoms with van der Waals surface area (Å²) in [5.74, 6) is 0. The lowest BCUT2D eigenvalue weighted by Crippen LogP contribution is -2.01. The highest BCUT2D eigenvalue weighted by molar-refractivity contribution is 7.80. The molecule has 0 saturated heterocycles. The molecule has 0 saturated carbocycles. The fourth-order valence-electron chi connectivity index (χ4n) is 0.778. The van der Waals surface area contributed by atoms with Crippen LogP contribution >= 0.6 is 0 Å². The molecule has 0 unspecified atom stereocenters. The van der Waals surface area contributed by atoms with Crippen LogP contribution in [0.15, 0.2) is 25.3 Å².